The third-order valence-corrected chi connectivity index (χ3v) is 4.17. The van der Waals surface area contributed by atoms with E-state index < -0.39 is 0 Å². The van der Waals surface area contributed by atoms with Crippen LogP contribution >= 0.6 is 0 Å². The van der Waals surface area contributed by atoms with Crippen molar-refractivity contribution in [1.82, 2.24) is 10.3 Å². The van der Waals surface area contributed by atoms with Crippen LogP contribution in [0.15, 0.2) is 18.3 Å². The Morgan fingerprint density at radius 3 is 2.84 bits per heavy atom. The quantitative estimate of drug-likeness (QED) is 0.791. The van der Waals surface area contributed by atoms with Crippen molar-refractivity contribution in [2.75, 3.05) is 19.4 Å². The van der Waals surface area contributed by atoms with E-state index in [0.717, 1.165) is 32.2 Å². The molecule has 106 valence electrons. The lowest BCUT2D eigenvalue weighted by Crippen LogP contribution is -2.57. The Morgan fingerprint density at radius 1 is 1.53 bits per heavy atom. The van der Waals surface area contributed by atoms with Crippen molar-refractivity contribution in [1.29, 1.82) is 0 Å². The lowest BCUT2D eigenvalue weighted by molar-refractivity contribution is -0.0980. The normalized spacial score (nSPS) is 18.8. The van der Waals surface area contributed by atoms with Crippen LogP contribution in [-0.2, 0) is 11.2 Å². The Morgan fingerprint density at radius 2 is 2.32 bits per heavy atom. The van der Waals surface area contributed by atoms with Gasteiger partial charge in [-0.15, -0.1) is 0 Å². The molecule has 1 atom stereocenters. The number of rotatable bonds is 7. The standard InChI is InChI=1S/C15H25N3O/c1-3-8-17-13(15(19-2)6-4-7-15)10-12-5-9-18-14(16)11-12/h5,9,11,13,17H,3-4,6-8,10H2,1-2H3,(H2,16,18). The van der Waals surface area contributed by atoms with Gasteiger partial charge in [0.05, 0.1) is 5.60 Å². The van der Waals surface area contributed by atoms with Crippen molar-refractivity contribution < 1.29 is 4.74 Å². The number of methoxy groups -OCH3 is 1. The van der Waals surface area contributed by atoms with Crippen LogP contribution in [-0.4, -0.2) is 30.3 Å². The van der Waals surface area contributed by atoms with E-state index in [4.69, 9.17) is 10.5 Å². The Balaban J connectivity index is 2.09. The Hall–Kier alpha value is -1.13. The van der Waals surface area contributed by atoms with E-state index in [1.165, 1.54) is 12.0 Å². The molecule has 0 spiro atoms. The van der Waals surface area contributed by atoms with Crippen LogP contribution in [0.2, 0.25) is 0 Å². The van der Waals surface area contributed by atoms with E-state index in [2.05, 4.69) is 17.2 Å². The van der Waals surface area contributed by atoms with Crippen LogP contribution in [0, 0.1) is 0 Å². The number of hydrogen-bond donors (Lipinski definition) is 2. The van der Waals surface area contributed by atoms with E-state index in [1.54, 1.807) is 6.20 Å². The van der Waals surface area contributed by atoms with Gasteiger partial charge in [0.25, 0.3) is 0 Å². The molecule has 4 nitrogen and oxygen atoms in total. The minimum atomic E-state index is 0.00714. The third-order valence-electron chi connectivity index (χ3n) is 4.17. The monoisotopic (exact) mass is 263 g/mol. The summed E-state index contributed by atoms with van der Waals surface area (Å²) in [6.45, 7) is 3.21. The van der Waals surface area contributed by atoms with Crippen molar-refractivity contribution in [3.05, 3.63) is 23.9 Å². The summed E-state index contributed by atoms with van der Waals surface area (Å²) in [6, 6.07) is 4.36. The number of ether oxygens (including phenoxy) is 1. The van der Waals surface area contributed by atoms with Gasteiger partial charge in [0.1, 0.15) is 5.82 Å². The fraction of sp³-hybridized carbons (Fsp3) is 0.667. The zero-order chi connectivity index (χ0) is 13.7. The molecule has 1 saturated carbocycles. The molecule has 1 aliphatic rings. The Kier molecular flexibility index (Phi) is 4.77. The number of nitrogens with one attached hydrogen (secondary N) is 1. The molecule has 0 aromatic carbocycles. The lowest BCUT2D eigenvalue weighted by Gasteiger charge is -2.47. The van der Waals surface area contributed by atoms with Crippen LogP contribution in [0.4, 0.5) is 5.82 Å². The van der Waals surface area contributed by atoms with Gasteiger partial charge in [-0.25, -0.2) is 4.98 Å². The van der Waals surface area contributed by atoms with Crippen molar-refractivity contribution in [2.45, 2.75) is 50.7 Å². The van der Waals surface area contributed by atoms with Gasteiger partial charge < -0.3 is 15.8 Å². The average Bonchev–Trinajstić information content (AvgIpc) is 2.35. The maximum absolute atomic E-state index is 5.83. The zero-order valence-corrected chi connectivity index (χ0v) is 12.0. The SMILES string of the molecule is CCCNC(Cc1ccnc(N)c1)C1(OC)CCC1. The highest BCUT2D eigenvalue weighted by Gasteiger charge is 2.44. The van der Waals surface area contributed by atoms with Gasteiger partial charge in [0.15, 0.2) is 0 Å². The first-order valence-electron chi connectivity index (χ1n) is 7.19. The van der Waals surface area contributed by atoms with Crippen LogP contribution in [0.25, 0.3) is 0 Å². The summed E-state index contributed by atoms with van der Waals surface area (Å²) in [5, 5.41) is 3.64. The molecule has 19 heavy (non-hydrogen) atoms. The molecule has 2 rings (SSSR count). The number of aromatic nitrogens is 1. The molecule has 1 fully saturated rings. The van der Waals surface area contributed by atoms with Gasteiger partial charge in [0, 0.05) is 19.3 Å². The maximum atomic E-state index is 5.83. The second-order valence-corrected chi connectivity index (χ2v) is 5.42. The number of hydrogen-bond acceptors (Lipinski definition) is 4. The van der Waals surface area contributed by atoms with E-state index in [-0.39, 0.29) is 5.60 Å². The molecule has 1 unspecified atom stereocenters. The predicted octanol–water partition coefficient (Wildman–Crippen LogP) is 2.14. The highest BCUT2D eigenvalue weighted by atomic mass is 16.5. The second kappa shape index (κ2) is 6.35. The fourth-order valence-corrected chi connectivity index (χ4v) is 2.84. The zero-order valence-electron chi connectivity index (χ0n) is 12.0. The Bertz CT molecular complexity index is 399. The maximum Gasteiger partial charge on any atom is 0.123 e. The van der Waals surface area contributed by atoms with E-state index in [9.17, 15) is 0 Å². The summed E-state index contributed by atoms with van der Waals surface area (Å²) in [5.41, 5.74) is 6.99. The molecule has 4 heteroatoms. The summed E-state index contributed by atoms with van der Waals surface area (Å²) >= 11 is 0. The van der Waals surface area contributed by atoms with Crippen LogP contribution < -0.4 is 11.1 Å². The largest absolute Gasteiger partial charge is 0.384 e. The van der Waals surface area contributed by atoms with Crippen molar-refractivity contribution in [3.8, 4) is 0 Å². The molecule has 1 aliphatic carbocycles. The van der Waals surface area contributed by atoms with Crippen molar-refractivity contribution in [2.24, 2.45) is 0 Å². The summed E-state index contributed by atoms with van der Waals surface area (Å²) < 4.78 is 5.83. The average molecular weight is 263 g/mol. The lowest BCUT2D eigenvalue weighted by atomic mass is 9.72. The predicted molar refractivity (Wildman–Crippen MR) is 78.0 cm³/mol. The smallest absolute Gasteiger partial charge is 0.123 e. The van der Waals surface area contributed by atoms with Gasteiger partial charge in [0.2, 0.25) is 0 Å². The van der Waals surface area contributed by atoms with Gasteiger partial charge in [-0.05, 0) is 56.3 Å². The van der Waals surface area contributed by atoms with Crippen LogP contribution in [0.1, 0.15) is 38.2 Å². The van der Waals surface area contributed by atoms with Gasteiger partial charge in [-0.1, -0.05) is 6.92 Å². The van der Waals surface area contributed by atoms with Crippen LogP contribution in [0.3, 0.4) is 0 Å². The van der Waals surface area contributed by atoms with Crippen LogP contribution in [0.5, 0.6) is 0 Å². The van der Waals surface area contributed by atoms with Gasteiger partial charge in [-0.2, -0.15) is 0 Å². The number of nitrogens with two attached hydrogens (primary N) is 1. The highest BCUT2D eigenvalue weighted by Crippen LogP contribution is 2.39. The van der Waals surface area contributed by atoms with E-state index >= 15 is 0 Å². The molecule has 1 aromatic rings. The molecular weight excluding hydrogens is 238 g/mol. The minimum absolute atomic E-state index is 0.00714. The summed E-state index contributed by atoms with van der Waals surface area (Å²) in [6.07, 6.45) is 7.41. The summed E-state index contributed by atoms with van der Waals surface area (Å²) in [4.78, 5) is 4.05. The highest BCUT2D eigenvalue weighted by molar-refractivity contribution is 5.32. The molecule has 0 radical (unpaired) electrons. The molecule has 1 heterocycles. The van der Waals surface area contributed by atoms with Crippen molar-refractivity contribution in [3.63, 3.8) is 0 Å². The Labute approximate surface area is 115 Å². The van der Waals surface area contributed by atoms with E-state index in [0.29, 0.717) is 11.9 Å². The third kappa shape index (κ3) is 3.25. The van der Waals surface area contributed by atoms with E-state index in [1.807, 2.05) is 19.2 Å². The first-order valence-corrected chi connectivity index (χ1v) is 7.19. The summed E-state index contributed by atoms with van der Waals surface area (Å²) in [5.74, 6) is 0.590. The number of nitrogens with zero attached hydrogens (tertiary/aromatic N) is 1. The van der Waals surface area contributed by atoms with Gasteiger partial charge in [-0.3, -0.25) is 0 Å². The minimum Gasteiger partial charge on any atom is -0.384 e. The summed E-state index contributed by atoms with van der Waals surface area (Å²) in [7, 11) is 1.83. The molecule has 1 aromatic heterocycles. The fourth-order valence-electron chi connectivity index (χ4n) is 2.84. The first kappa shape index (κ1) is 14.3. The number of pyridine rings is 1. The molecule has 0 saturated heterocycles. The molecule has 0 bridgehead atoms. The van der Waals surface area contributed by atoms with Crippen molar-refractivity contribution >= 4 is 5.82 Å². The molecular formula is C15H25N3O. The first-order chi connectivity index (χ1) is 9.20. The van der Waals surface area contributed by atoms with Gasteiger partial charge >= 0.3 is 0 Å². The topological polar surface area (TPSA) is 60.2 Å². The second-order valence-electron chi connectivity index (χ2n) is 5.42. The number of anilines is 1. The molecule has 3 N–H and O–H groups in total. The number of nitrogen functional groups attached to an aromatic ring is 1. The molecule has 0 amide bonds. The molecule has 0 aliphatic heterocycles.